The maximum Gasteiger partial charge on any atom is 0.319 e. The van der Waals surface area contributed by atoms with Crippen LogP contribution in [0, 0.1) is 34.8 Å². The third-order valence-electron chi connectivity index (χ3n) is 13.4. The van der Waals surface area contributed by atoms with E-state index in [0.29, 0.717) is 48.5 Å². The molecule has 0 unspecified atom stereocenters. The zero-order chi connectivity index (χ0) is 38.1. The van der Waals surface area contributed by atoms with Crippen molar-refractivity contribution in [2.45, 2.75) is 95.2 Å². The van der Waals surface area contributed by atoms with Crippen LogP contribution in [0.2, 0.25) is 0 Å². The number of aromatic hydroxyl groups is 1. The second-order valence-corrected chi connectivity index (χ2v) is 17.1. The first-order valence-corrected chi connectivity index (χ1v) is 19.8. The number of rotatable bonds is 7. The molecule has 0 bridgehead atoms. The van der Waals surface area contributed by atoms with Crippen LogP contribution in [0.3, 0.4) is 0 Å². The van der Waals surface area contributed by atoms with Crippen LogP contribution in [0.5, 0.6) is 17.6 Å². The number of methoxy groups -OCH3 is 1. The van der Waals surface area contributed by atoms with E-state index in [0.717, 1.165) is 38.6 Å². The highest BCUT2D eigenvalue weighted by atomic mass is 19.1. The van der Waals surface area contributed by atoms with Crippen LogP contribution < -0.4 is 14.4 Å². The lowest BCUT2D eigenvalue weighted by Gasteiger charge is -2.56. The number of aromatic nitrogens is 3. The van der Waals surface area contributed by atoms with Crippen molar-refractivity contribution < 1.29 is 33.2 Å². The SMILES string of the molecule is C#Cc1c(F)ccc2cc(O)cc(-c3nc(OC)c4c(N5CCOC[C@@](C)(O)C5)nc(OC[C@]56CCC[C@H]5N(C5CC7(CCCC7)C5)CCC6)nc4c3F)c12. The number of fused-ring (bicyclic) bond motifs is 3. The summed E-state index contributed by atoms with van der Waals surface area (Å²) in [5.41, 5.74) is -1.08. The van der Waals surface area contributed by atoms with Gasteiger partial charge in [-0.1, -0.05) is 31.2 Å². The first-order chi connectivity index (χ1) is 26.5. The number of phenols is 1. The Kier molecular flexibility index (Phi) is 9.06. The molecular formula is C43H49F2N5O5. The number of pyridine rings is 1. The van der Waals surface area contributed by atoms with Crippen molar-refractivity contribution >= 4 is 27.5 Å². The Balaban J connectivity index is 1.14. The number of likely N-dealkylation sites (tertiary alicyclic amines) is 1. The van der Waals surface area contributed by atoms with Crippen molar-refractivity contribution in [2.24, 2.45) is 10.8 Å². The number of benzene rings is 2. The number of phenolic OH excluding ortho intramolecular Hbond substituents is 1. The number of anilines is 1. The van der Waals surface area contributed by atoms with Gasteiger partial charge < -0.3 is 29.3 Å². The number of nitrogens with zero attached hydrogens (tertiary/aromatic N) is 5. The van der Waals surface area contributed by atoms with Gasteiger partial charge in [-0.25, -0.2) is 13.8 Å². The summed E-state index contributed by atoms with van der Waals surface area (Å²) in [7, 11) is 1.41. The second kappa shape index (κ2) is 13.7. The summed E-state index contributed by atoms with van der Waals surface area (Å²) in [6, 6.07) is 6.50. The first kappa shape index (κ1) is 36.3. The maximum atomic E-state index is 17.4. The van der Waals surface area contributed by atoms with E-state index in [9.17, 15) is 10.2 Å². The topological polar surface area (TPSA) is 113 Å². The third-order valence-corrected chi connectivity index (χ3v) is 13.4. The molecule has 10 nitrogen and oxygen atoms in total. The van der Waals surface area contributed by atoms with Gasteiger partial charge in [-0.15, -0.1) is 6.42 Å². The monoisotopic (exact) mass is 753 g/mol. The normalized spacial score (nSPS) is 26.9. The van der Waals surface area contributed by atoms with E-state index in [1.54, 1.807) is 6.92 Å². The molecule has 55 heavy (non-hydrogen) atoms. The molecule has 9 rings (SSSR count). The van der Waals surface area contributed by atoms with E-state index in [4.69, 9.17) is 30.6 Å². The minimum absolute atomic E-state index is 0.00539. The van der Waals surface area contributed by atoms with Crippen molar-refractivity contribution in [1.29, 1.82) is 0 Å². The lowest BCUT2D eigenvalue weighted by atomic mass is 9.62. The van der Waals surface area contributed by atoms with Gasteiger partial charge in [0.1, 0.15) is 39.6 Å². The summed E-state index contributed by atoms with van der Waals surface area (Å²) in [5, 5.41) is 22.8. The zero-order valence-electron chi connectivity index (χ0n) is 31.7. The average Bonchev–Trinajstić information content (AvgIpc) is 3.79. The van der Waals surface area contributed by atoms with Gasteiger partial charge in [-0.3, -0.25) is 4.90 Å². The van der Waals surface area contributed by atoms with E-state index < -0.39 is 17.2 Å². The predicted molar refractivity (Wildman–Crippen MR) is 205 cm³/mol. The first-order valence-electron chi connectivity index (χ1n) is 19.8. The molecule has 2 aromatic carbocycles. The van der Waals surface area contributed by atoms with Crippen molar-refractivity contribution in [2.75, 3.05) is 51.5 Å². The van der Waals surface area contributed by atoms with Crippen LogP contribution in [0.15, 0.2) is 24.3 Å². The highest BCUT2D eigenvalue weighted by Gasteiger charge is 2.55. The molecule has 3 aliphatic carbocycles. The number of hydrogen-bond acceptors (Lipinski definition) is 10. The number of terminal acetylenes is 1. The Morgan fingerprint density at radius 2 is 1.82 bits per heavy atom. The molecule has 5 fully saturated rings. The molecule has 4 aromatic rings. The van der Waals surface area contributed by atoms with Crippen LogP contribution in [-0.4, -0.2) is 94.3 Å². The minimum Gasteiger partial charge on any atom is -0.508 e. The molecule has 3 saturated carbocycles. The third kappa shape index (κ3) is 6.23. The Bertz CT molecular complexity index is 2190. The number of halogens is 2. The summed E-state index contributed by atoms with van der Waals surface area (Å²) in [4.78, 5) is 18.9. The molecule has 3 atom stereocenters. The minimum atomic E-state index is -1.23. The van der Waals surface area contributed by atoms with Crippen LogP contribution >= 0.6 is 0 Å². The standard InChI is InChI=1S/C43H49F2N5O5/c1-4-29-31(44)11-10-26-19-28(51)20-30(33(26)29)36-35(45)37-34(39(46-36)53-3)38(49-17-18-54-24-41(2,52)23-49)48-40(47-37)55-25-43-14-7-9-32(43)50(16-8-15-43)27-21-42(22-27)12-5-6-13-42/h1,10-11,19-20,27,32,51-52H,5-9,12-18,21-25H2,2-3H3/t32-,41+,43-/m1/s1. The number of piperidine rings is 1. The Morgan fingerprint density at radius 3 is 2.60 bits per heavy atom. The van der Waals surface area contributed by atoms with E-state index in [1.807, 2.05) is 4.90 Å². The molecule has 290 valence electrons. The van der Waals surface area contributed by atoms with Crippen molar-refractivity contribution in [3.05, 3.63) is 41.5 Å². The molecule has 2 N–H and O–H groups in total. The highest BCUT2D eigenvalue weighted by Crippen LogP contribution is 2.58. The molecular weight excluding hydrogens is 704 g/mol. The predicted octanol–water partition coefficient (Wildman–Crippen LogP) is 7.14. The Morgan fingerprint density at radius 1 is 1.02 bits per heavy atom. The lowest BCUT2D eigenvalue weighted by molar-refractivity contribution is -0.0787. The molecule has 2 aliphatic heterocycles. The lowest BCUT2D eigenvalue weighted by Crippen LogP contribution is -2.60. The van der Waals surface area contributed by atoms with E-state index in [2.05, 4.69) is 15.8 Å². The smallest absolute Gasteiger partial charge is 0.319 e. The quantitative estimate of drug-likeness (QED) is 0.189. The van der Waals surface area contributed by atoms with Crippen molar-refractivity contribution in [3.8, 4) is 41.2 Å². The van der Waals surface area contributed by atoms with Gasteiger partial charge in [0.05, 0.1) is 39.0 Å². The van der Waals surface area contributed by atoms with E-state index in [-0.39, 0.29) is 69.3 Å². The van der Waals surface area contributed by atoms with Gasteiger partial charge in [-0.2, -0.15) is 9.97 Å². The van der Waals surface area contributed by atoms with E-state index in [1.165, 1.54) is 69.9 Å². The maximum absolute atomic E-state index is 17.4. The number of β-amino-alcohol motifs (C(OH)–C–C–N with tert-alkyl or cyclic N) is 1. The molecule has 2 aromatic heterocycles. The Labute approximate surface area is 320 Å². The largest absolute Gasteiger partial charge is 0.508 e. The van der Waals surface area contributed by atoms with Gasteiger partial charge in [0.25, 0.3) is 0 Å². The second-order valence-electron chi connectivity index (χ2n) is 17.1. The summed E-state index contributed by atoms with van der Waals surface area (Å²) >= 11 is 0. The van der Waals surface area contributed by atoms with Gasteiger partial charge in [-0.05, 0) is 93.8 Å². The van der Waals surface area contributed by atoms with Gasteiger partial charge in [0.15, 0.2) is 5.82 Å². The molecule has 4 heterocycles. The van der Waals surface area contributed by atoms with E-state index >= 15 is 8.78 Å². The molecule has 5 aliphatic rings. The fourth-order valence-electron chi connectivity index (χ4n) is 11.0. The molecule has 2 saturated heterocycles. The van der Waals surface area contributed by atoms with Gasteiger partial charge in [0.2, 0.25) is 5.88 Å². The summed E-state index contributed by atoms with van der Waals surface area (Å²) < 4.78 is 50.6. The summed E-state index contributed by atoms with van der Waals surface area (Å²) in [6.07, 6.45) is 19.3. The highest BCUT2D eigenvalue weighted by molar-refractivity contribution is 6.04. The Hall–Kier alpha value is -4.31. The summed E-state index contributed by atoms with van der Waals surface area (Å²) in [5.74, 6) is 1.01. The van der Waals surface area contributed by atoms with Gasteiger partial charge >= 0.3 is 6.01 Å². The van der Waals surface area contributed by atoms with Crippen LogP contribution in [0.25, 0.3) is 32.9 Å². The van der Waals surface area contributed by atoms with Gasteiger partial charge in [0, 0.05) is 35.0 Å². The van der Waals surface area contributed by atoms with Crippen molar-refractivity contribution in [1.82, 2.24) is 19.9 Å². The zero-order valence-corrected chi connectivity index (χ0v) is 31.7. The molecule has 0 amide bonds. The van der Waals surface area contributed by atoms with Crippen LogP contribution in [0.1, 0.15) is 83.1 Å². The fourth-order valence-corrected chi connectivity index (χ4v) is 11.0. The number of hydrogen-bond donors (Lipinski definition) is 2. The van der Waals surface area contributed by atoms with Crippen LogP contribution in [-0.2, 0) is 4.74 Å². The average molecular weight is 754 g/mol. The van der Waals surface area contributed by atoms with Crippen LogP contribution in [0.4, 0.5) is 14.6 Å². The molecule has 0 radical (unpaired) electrons. The molecule has 12 heteroatoms. The number of aliphatic hydroxyl groups is 1. The molecule has 1 spiro atoms. The van der Waals surface area contributed by atoms with Crippen molar-refractivity contribution in [3.63, 3.8) is 0 Å². The number of ether oxygens (including phenoxy) is 3. The summed E-state index contributed by atoms with van der Waals surface area (Å²) in [6.45, 7) is 4.10. The fraction of sp³-hybridized carbons (Fsp3) is 0.558.